The summed E-state index contributed by atoms with van der Waals surface area (Å²) in [6.45, 7) is 2.74. The Kier molecular flexibility index (Phi) is 4.09. The number of benzene rings is 1. The lowest BCUT2D eigenvalue weighted by Gasteiger charge is -2.06. The molecular formula is C11H14FNO2. The first-order valence-corrected chi connectivity index (χ1v) is 4.92. The Labute approximate surface area is 87.9 Å². The molecule has 0 unspecified atom stereocenters. The highest BCUT2D eigenvalue weighted by atomic mass is 19.1. The van der Waals surface area contributed by atoms with Gasteiger partial charge in [-0.3, -0.25) is 0 Å². The van der Waals surface area contributed by atoms with E-state index in [1.807, 2.05) is 6.92 Å². The van der Waals surface area contributed by atoms with Crippen molar-refractivity contribution in [2.75, 3.05) is 11.9 Å². The van der Waals surface area contributed by atoms with Gasteiger partial charge in [-0.2, -0.15) is 0 Å². The molecule has 0 aliphatic rings. The maximum Gasteiger partial charge on any atom is 0.335 e. The number of carboxylic acids is 1. The topological polar surface area (TPSA) is 49.3 Å². The van der Waals surface area contributed by atoms with E-state index in [1.165, 1.54) is 12.1 Å². The Hall–Kier alpha value is -1.58. The molecule has 15 heavy (non-hydrogen) atoms. The van der Waals surface area contributed by atoms with E-state index in [2.05, 4.69) is 5.32 Å². The van der Waals surface area contributed by atoms with Crippen molar-refractivity contribution in [2.24, 2.45) is 0 Å². The lowest BCUT2D eigenvalue weighted by Crippen LogP contribution is -2.04. The van der Waals surface area contributed by atoms with E-state index < -0.39 is 11.8 Å². The highest BCUT2D eigenvalue weighted by Crippen LogP contribution is 2.15. The average Bonchev–Trinajstić information content (AvgIpc) is 2.20. The normalized spacial score (nSPS) is 10.0. The summed E-state index contributed by atoms with van der Waals surface area (Å²) in [5.74, 6) is -1.64. The van der Waals surface area contributed by atoms with E-state index in [-0.39, 0.29) is 5.56 Å². The largest absolute Gasteiger partial charge is 0.478 e. The van der Waals surface area contributed by atoms with Gasteiger partial charge in [-0.1, -0.05) is 13.3 Å². The maximum absolute atomic E-state index is 13.3. The van der Waals surface area contributed by atoms with Crippen molar-refractivity contribution in [3.8, 4) is 0 Å². The number of unbranched alkanes of at least 4 members (excludes halogenated alkanes) is 1. The Morgan fingerprint density at radius 3 is 2.80 bits per heavy atom. The van der Waals surface area contributed by atoms with Crippen LogP contribution in [-0.2, 0) is 0 Å². The molecule has 0 saturated carbocycles. The first-order chi connectivity index (χ1) is 7.15. The molecule has 0 saturated heterocycles. The fourth-order valence-corrected chi connectivity index (χ4v) is 1.19. The number of rotatable bonds is 5. The van der Waals surface area contributed by atoms with Crippen LogP contribution in [0, 0.1) is 5.82 Å². The number of carboxylic acid groups (broad SMARTS) is 1. The number of carbonyl (C=O) groups is 1. The fraction of sp³-hybridized carbons (Fsp3) is 0.364. The Morgan fingerprint density at radius 2 is 2.27 bits per heavy atom. The van der Waals surface area contributed by atoms with E-state index in [4.69, 9.17) is 5.11 Å². The SMILES string of the molecule is CCCCNc1ccc(C(=O)O)cc1F. The number of nitrogens with one attached hydrogen (secondary N) is 1. The fourth-order valence-electron chi connectivity index (χ4n) is 1.19. The molecule has 0 aliphatic heterocycles. The van der Waals surface area contributed by atoms with Crippen LogP contribution in [0.2, 0.25) is 0 Å². The van der Waals surface area contributed by atoms with Gasteiger partial charge < -0.3 is 10.4 Å². The first kappa shape index (κ1) is 11.5. The lowest BCUT2D eigenvalue weighted by molar-refractivity contribution is 0.0696. The molecule has 0 radical (unpaired) electrons. The minimum atomic E-state index is -1.12. The van der Waals surface area contributed by atoms with Gasteiger partial charge in [-0.25, -0.2) is 9.18 Å². The van der Waals surface area contributed by atoms with Crippen LogP contribution in [0.25, 0.3) is 0 Å². The van der Waals surface area contributed by atoms with Gasteiger partial charge in [0.25, 0.3) is 0 Å². The van der Waals surface area contributed by atoms with Crippen molar-refractivity contribution in [1.82, 2.24) is 0 Å². The zero-order chi connectivity index (χ0) is 11.3. The maximum atomic E-state index is 13.3. The summed E-state index contributed by atoms with van der Waals surface area (Å²) in [6, 6.07) is 3.87. The van der Waals surface area contributed by atoms with Crippen LogP contribution in [0.5, 0.6) is 0 Å². The van der Waals surface area contributed by atoms with Gasteiger partial charge >= 0.3 is 5.97 Å². The zero-order valence-electron chi connectivity index (χ0n) is 8.59. The summed E-state index contributed by atoms with van der Waals surface area (Å²) in [4.78, 5) is 10.5. The Bertz CT molecular complexity index is 352. The van der Waals surface area contributed by atoms with E-state index in [1.54, 1.807) is 0 Å². The molecule has 0 atom stereocenters. The number of halogens is 1. The van der Waals surface area contributed by atoms with Crippen LogP contribution >= 0.6 is 0 Å². The number of anilines is 1. The van der Waals surface area contributed by atoms with Crippen molar-refractivity contribution in [3.05, 3.63) is 29.6 Å². The van der Waals surface area contributed by atoms with Crippen LogP contribution in [0.3, 0.4) is 0 Å². The lowest BCUT2D eigenvalue weighted by atomic mass is 10.2. The highest BCUT2D eigenvalue weighted by Gasteiger charge is 2.07. The second-order valence-electron chi connectivity index (χ2n) is 3.28. The molecule has 2 N–H and O–H groups in total. The van der Waals surface area contributed by atoms with Gasteiger partial charge in [0.15, 0.2) is 0 Å². The summed E-state index contributed by atoms with van der Waals surface area (Å²) in [6.07, 6.45) is 1.99. The molecule has 82 valence electrons. The van der Waals surface area contributed by atoms with Gasteiger partial charge in [0.05, 0.1) is 11.3 Å². The smallest absolute Gasteiger partial charge is 0.335 e. The predicted molar refractivity (Wildman–Crippen MR) is 56.8 cm³/mol. The number of hydrogen-bond acceptors (Lipinski definition) is 2. The molecule has 0 fully saturated rings. The molecule has 0 amide bonds. The molecule has 0 aromatic heterocycles. The molecule has 1 aromatic carbocycles. The molecule has 4 heteroatoms. The van der Waals surface area contributed by atoms with Crippen molar-refractivity contribution in [1.29, 1.82) is 0 Å². The van der Waals surface area contributed by atoms with Crippen molar-refractivity contribution < 1.29 is 14.3 Å². The highest BCUT2D eigenvalue weighted by molar-refractivity contribution is 5.88. The van der Waals surface area contributed by atoms with E-state index in [0.29, 0.717) is 12.2 Å². The molecule has 1 aromatic rings. The van der Waals surface area contributed by atoms with E-state index >= 15 is 0 Å². The van der Waals surface area contributed by atoms with Gasteiger partial charge in [-0.15, -0.1) is 0 Å². The van der Waals surface area contributed by atoms with Crippen LogP contribution in [0.1, 0.15) is 30.1 Å². The summed E-state index contributed by atoms with van der Waals surface area (Å²) < 4.78 is 13.3. The second-order valence-corrected chi connectivity index (χ2v) is 3.28. The molecule has 0 spiro atoms. The number of hydrogen-bond donors (Lipinski definition) is 2. The van der Waals surface area contributed by atoms with Gasteiger partial charge in [0, 0.05) is 6.54 Å². The van der Waals surface area contributed by atoms with Gasteiger partial charge in [0.1, 0.15) is 5.82 Å². The van der Waals surface area contributed by atoms with Crippen molar-refractivity contribution in [2.45, 2.75) is 19.8 Å². The molecular weight excluding hydrogens is 197 g/mol. The zero-order valence-corrected chi connectivity index (χ0v) is 8.59. The third-order valence-corrected chi connectivity index (χ3v) is 2.06. The van der Waals surface area contributed by atoms with E-state index in [0.717, 1.165) is 18.9 Å². The van der Waals surface area contributed by atoms with E-state index in [9.17, 15) is 9.18 Å². The molecule has 0 aliphatic carbocycles. The van der Waals surface area contributed by atoms with Crippen LogP contribution < -0.4 is 5.32 Å². The van der Waals surface area contributed by atoms with Crippen molar-refractivity contribution >= 4 is 11.7 Å². The Balaban J connectivity index is 2.70. The molecule has 0 bridgehead atoms. The third-order valence-electron chi connectivity index (χ3n) is 2.06. The minimum absolute atomic E-state index is 0.0338. The minimum Gasteiger partial charge on any atom is -0.478 e. The second kappa shape index (κ2) is 5.34. The van der Waals surface area contributed by atoms with Crippen LogP contribution in [0.4, 0.5) is 10.1 Å². The van der Waals surface area contributed by atoms with Gasteiger partial charge in [-0.05, 0) is 24.6 Å². The average molecular weight is 211 g/mol. The third kappa shape index (κ3) is 3.23. The molecule has 3 nitrogen and oxygen atoms in total. The van der Waals surface area contributed by atoms with Crippen LogP contribution in [-0.4, -0.2) is 17.6 Å². The number of aromatic carboxylic acids is 1. The van der Waals surface area contributed by atoms with Crippen molar-refractivity contribution in [3.63, 3.8) is 0 Å². The summed E-state index contributed by atoms with van der Waals surface area (Å²) in [5.41, 5.74) is 0.321. The van der Waals surface area contributed by atoms with Crippen LogP contribution in [0.15, 0.2) is 18.2 Å². The monoisotopic (exact) mass is 211 g/mol. The quantitative estimate of drug-likeness (QED) is 0.736. The standard InChI is InChI=1S/C11H14FNO2/c1-2-3-6-13-10-5-4-8(11(14)15)7-9(10)12/h4-5,7,13H,2-3,6H2,1H3,(H,14,15). The first-order valence-electron chi connectivity index (χ1n) is 4.92. The summed E-state index contributed by atoms with van der Waals surface area (Å²) >= 11 is 0. The predicted octanol–water partition coefficient (Wildman–Crippen LogP) is 2.74. The summed E-state index contributed by atoms with van der Waals surface area (Å²) in [7, 11) is 0. The molecule has 0 heterocycles. The molecule has 1 rings (SSSR count). The van der Waals surface area contributed by atoms with Gasteiger partial charge in [0.2, 0.25) is 0 Å². The summed E-state index contributed by atoms with van der Waals surface area (Å²) in [5, 5.41) is 11.5. The Morgan fingerprint density at radius 1 is 1.53 bits per heavy atom.